The minimum atomic E-state index is -0.563. The molecular weight excluding hydrogens is 717 g/mol. The first-order chi connectivity index (χ1) is 28.6. The van der Waals surface area contributed by atoms with Gasteiger partial charge >= 0.3 is 11.9 Å². The van der Waals surface area contributed by atoms with E-state index in [0.29, 0.717) is 19.4 Å². The molecule has 0 heterocycles. The highest BCUT2D eigenvalue weighted by Crippen LogP contribution is 2.12. The van der Waals surface area contributed by atoms with E-state index in [1.165, 1.54) is 77.0 Å². The van der Waals surface area contributed by atoms with E-state index in [0.717, 1.165) is 103 Å². The summed E-state index contributed by atoms with van der Waals surface area (Å²) in [6.07, 6.45) is 63.0. The van der Waals surface area contributed by atoms with E-state index in [9.17, 15) is 9.59 Å². The Hall–Kier alpha value is -2.92. The molecular formula is C53H90O5. The second-order valence-electron chi connectivity index (χ2n) is 15.6. The maximum absolute atomic E-state index is 12.7. The smallest absolute Gasteiger partial charge is 0.306 e. The van der Waals surface area contributed by atoms with Crippen molar-refractivity contribution in [2.45, 2.75) is 219 Å². The standard InChI is InChI=1S/C53H90O5/c1-4-7-10-13-16-19-22-25-26-27-30-33-36-39-42-45-48-56-49-51(58-53(55)47-44-41-38-35-32-29-24-21-18-15-12-9-6-3)50-57-52(54)46-43-40-37-34-31-28-23-20-17-14-11-8-5-2/h8,11-12,15-17,19-21,24-26,28,31,51H,4-7,9-10,13-14,18,22-23,27,29-30,32-50H2,1-3H3/b11-8-,15-12-,19-16-,20-17-,24-21-,26-25-,31-28-. The summed E-state index contributed by atoms with van der Waals surface area (Å²) in [4.78, 5) is 25.3. The molecule has 1 unspecified atom stereocenters. The lowest BCUT2D eigenvalue weighted by molar-refractivity contribution is -0.163. The van der Waals surface area contributed by atoms with Gasteiger partial charge in [0.25, 0.3) is 0 Å². The Labute approximate surface area is 359 Å². The zero-order valence-corrected chi connectivity index (χ0v) is 38.0. The fourth-order valence-electron chi connectivity index (χ4n) is 6.30. The summed E-state index contributed by atoms with van der Waals surface area (Å²) in [5, 5.41) is 0. The number of unbranched alkanes of at least 4 members (excludes halogenated alkanes) is 18. The average molecular weight is 807 g/mol. The van der Waals surface area contributed by atoms with Crippen LogP contribution in [0.3, 0.4) is 0 Å². The van der Waals surface area contributed by atoms with Crippen LogP contribution < -0.4 is 0 Å². The van der Waals surface area contributed by atoms with Crippen LogP contribution in [-0.4, -0.2) is 37.9 Å². The topological polar surface area (TPSA) is 61.8 Å². The molecule has 0 saturated carbocycles. The van der Waals surface area contributed by atoms with Crippen molar-refractivity contribution in [2.75, 3.05) is 19.8 Å². The van der Waals surface area contributed by atoms with E-state index in [1.54, 1.807) is 0 Å². The van der Waals surface area contributed by atoms with Crippen molar-refractivity contribution in [2.24, 2.45) is 0 Å². The molecule has 0 fully saturated rings. The summed E-state index contributed by atoms with van der Waals surface area (Å²) >= 11 is 0. The van der Waals surface area contributed by atoms with Crippen LogP contribution >= 0.6 is 0 Å². The summed E-state index contributed by atoms with van der Waals surface area (Å²) in [5.41, 5.74) is 0. The van der Waals surface area contributed by atoms with Gasteiger partial charge in [-0.15, -0.1) is 0 Å². The second kappa shape index (κ2) is 48.4. The molecule has 0 aromatic heterocycles. The summed E-state index contributed by atoms with van der Waals surface area (Å²) in [5.74, 6) is -0.457. The molecule has 0 aromatic carbocycles. The third kappa shape index (κ3) is 45.8. The fraction of sp³-hybridized carbons (Fsp3) is 0.698. The van der Waals surface area contributed by atoms with Crippen LogP contribution in [0.1, 0.15) is 213 Å². The number of ether oxygens (including phenoxy) is 3. The molecule has 58 heavy (non-hydrogen) atoms. The molecule has 0 aliphatic carbocycles. The van der Waals surface area contributed by atoms with Gasteiger partial charge in [-0.2, -0.15) is 0 Å². The van der Waals surface area contributed by atoms with E-state index in [2.05, 4.69) is 106 Å². The molecule has 0 spiro atoms. The quantitative estimate of drug-likeness (QED) is 0.0349. The van der Waals surface area contributed by atoms with Crippen molar-refractivity contribution in [3.05, 3.63) is 85.1 Å². The van der Waals surface area contributed by atoms with Crippen LogP contribution in [0.5, 0.6) is 0 Å². The number of hydrogen-bond acceptors (Lipinski definition) is 5. The van der Waals surface area contributed by atoms with Crippen molar-refractivity contribution in [1.29, 1.82) is 0 Å². The SMILES string of the molecule is CC/C=C\C/C=C\C/C=C\CCCCCC(=O)OCC(COCCCCCCCC/C=C\C/C=C\CCCCC)OC(=O)CCCCCCC/C=C\C/C=C\CCC. The van der Waals surface area contributed by atoms with Crippen LogP contribution in [0.4, 0.5) is 0 Å². The number of carbonyl (C=O) groups excluding carboxylic acids is 2. The fourth-order valence-corrected chi connectivity index (χ4v) is 6.30. The Kier molecular flexibility index (Phi) is 46.0. The largest absolute Gasteiger partial charge is 0.462 e. The van der Waals surface area contributed by atoms with E-state index >= 15 is 0 Å². The van der Waals surface area contributed by atoms with Gasteiger partial charge in [0.1, 0.15) is 6.61 Å². The zero-order valence-electron chi connectivity index (χ0n) is 38.0. The molecule has 332 valence electrons. The predicted octanol–water partition coefficient (Wildman–Crippen LogP) is 16.1. The minimum Gasteiger partial charge on any atom is -0.462 e. The summed E-state index contributed by atoms with van der Waals surface area (Å²) < 4.78 is 17.3. The van der Waals surface area contributed by atoms with Crippen molar-refractivity contribution in [1.82, 2.24) is 0 Å². The lowest BCUT2D eigenvalue weighted by Gasteiger charge is -2.18. The Morgan fingerprint density at radius 1 is 0.397 bits per heavy atom. The van der Waals surface area contributed by atoms with Crippen molar-refractivity contribution < 1.29 is 23.8 Å². The molecule has 5 nitrogen and oxygen atoms in total. The lowest BCUT2D eigenvalue weighted by Crippen LogP contribution is -2.30. The Bertz CT molecular complexity index is 1090. The summed E-state index contributed by atoms with van der Waals surface area (Å²) in [7, 11) is 0. The van der Waals surface area contributed by atoms with E-state index < -0.39 is 6.10 Å². The molecule has 0 amide bonds. The van der Waals surface area contributed by atoms with Gasteiger partial charge in [-0.05, 0) is 109 Å². The van der Waals surface area contributed by atoms with Crippen LogP contribution in [0, 0.1) is 0 Å². The van der Waals surface area contributed by atoms with Gasteiger partial charge in [0.15, 0.2) is 6.10 Å². The maximum Gasteiger partial charge on any atom is 0.306 e. The molecule has 0 radical (unpaired) electrons. The lowest BCUT2D eigenvalue weighted by atomic mass is 10.1. The van der Waals surface area contributed by atoms with Crippen molar-refractivity contribution in [3.8, 4) is 0 Å². The molecule has 0 aliphatic heterocycles. The molecule has 0 bridgehead atoms. The molecule has 0 N–H and O–H groups in total. The third-order valence-corrected chi connectivity index (χ3v) is 9.87. The number of allylic oxidation sites excluding steroid dienone is 14. The number of rotatable bonds is 43. The van der Waals surface area contributed by atoms with Crippen molar-refractivity contribution in [3.63, 3.8) is 0 Å². The van der Waals surface area contributed by atoms with Crippen LogP contribution in [0.2, 0.25) is 0 Å². The van der Waals surface area contributed by atoms with Gasteiger partial charge in [-0.1, -0.05) is 176 Å². The molecule has 0 saturated heterocycles. The Morgan fingerprint density at radius 2 is 0.810 bits per heavy atom. The molecule has 5 heteroatoms. The van der Waals surface area contributed by atoms with Crippen LogP contribution in [0.15, 0.2) is 85.1 Å². The molecule has 0 aromatic rings. The monoisotopic (exact) mass is 807 g/mol. The number of hydrogen-bond donors (Lipinski definition) is 0. The molecule has 1 atom stereocenters. The molecule has 0 aliphatic rings. The van der Waals surface area contributed by atoms with Gasteiger partial charge < -0.3 is 14.2 Å². The van der Waals surface area contributed by atoms with Gasteiger partial charge in [0, 0.05) is 19.4 Å². The second-order valence-corrected chi connectivity index (χ2v) is 15.6. The van der Waals surface area contributed by atoms with E-state index in [-0.39, 0.29) is 25.2 Å². The highest BCUT2D eigenvalue weighted by molar-refractivity contribution is 5.70. The van der Waals surface area contributed by atoms with Gasteiger partial charge in [-0.3, -0.25) is 9.59 Å². The summed E-state index contributed by atoms with van der Waals surface area (Å²) in [6, 6.07) is 0. The first kappa shape index (κ1) is 55.1. The highest BCUT2D eigenvalue weighted by Gasteiger charge is 2.17. The maximum atomic E-state index is 12.7. The van der Waals surface area contributed by atoms with Gasteiger partial charge in [-0.25, -0.2) is 0 Å². The minimum absolute atomic E-state index is 0.0562. The van der Waals surface area contributed by atoms with Crippen LogP contribution in [-0.2, 0) is 23.8 Å². The first-order valence-electron chi connectivity index (χ1n) is 24.1. The number of carbonyl (C=O) groups is 2. The van der Waals surface area contributed by atoms with Crippen LogP contribution in [0.25, 0.3) is 0 Å². The highest BCUT2D eigenvalue weighted by atomic mass is 16.6. The van der Waals surface area contributed by atoms with Gasteiger partial charge in [0.05, 0.1) is 6.61 Å². The average Bonchev–Trinajstić information content (AvgIpc) is 3.22. The summed E-state index contributed by atoms with van der Waals surface area (Å²) in [6.45, 7) is 7.55. The molecule has 0 rings (SSSR count). The van der Waals surface area contributed by atoms with E-state index in [4.69, 9.17) is 14.2 Å². The zero-order chi connectivity index (χ0) is 42.1. The van der Waals surface area contributed by atoms with Crippen molar-refractivity contribution >= 4 is 11.9 Å². The Morgan fingerprint density at radius 3 is 1.33 bits per heavy atom. The number of esters is 2. The normalized spacial score (nSPS) is 12.9. The van der Waals surface area contributed by atoms with E-state index in [1.807, 2.05) is 0 Å². The third-order valence-electron chi connectivity index (χ3n) is 9.87. The first-order valence-corrected chi connectivity index (χ1v) is 24.1. The Balaban J connectivity index is 4.35. The predicted molar refractivity (Wildman–Crippen MR) is 251 cm³/mol. The van der Waals surface area contributed by atoms with Gasteiger partial charge in [0.2, 0.25) is 0 Å².